The summed E-state index contributed by atoms with van der Waals surface area (Å²) in [4.78, 5) is 11.6. The molecule has 3 nitrogen and oxygen atoms in total. The van der Waals surface area contributed by atoms with Crippen molar-refractivity contribution in [2.24, 2.45) is 5.73 Å². The second-order valence-electron chi connectivity index (χ2n) is 2.62. The number of carbonyl (C=O) groups excluding carboxylic acids is 1. The third-order valence-corrected chi connectivity index (χ3v) is 3.17. The van der Waals surface area contributed by atoms with Gasteiger partial charge in [0.2, 0.25) is 5.91 Å². The van der Waals surface area contributed by atoms with Crippen LogP contribution in [-0.4, -0.2) is 12.5 Å². The molecule has 0 aliphatic carbocycles. The van der Waals surface area contributed by atoms with Gasteiger partial charge < -0.3 is 11.1 Å². The number of halogens is 1. The third-order valence-electron chi connectivity index (χ3n) is 1.47. The topological polar surface area (TPSA) is 55.1 Å². The number of amides is 1. The molecule has 0 fully saturated rings. The zero-order valence-corrected chi connectivity index (χ0v) is 9.45. The lowest BCUT2D eigenvalue weighted by molar-refractivity contribution is -0.117. The number of hydrogen-bond donors (Lipinski definition) is 2. The van der Waals surface area contributed by atoms with Crippen LogP contribution in [0.4, 0.5) is 0 Å². The fraction of sp³-hybridized carbons (Fsp3) is 0.375. The molecule has 13 heavy (non-hydrogen) atoms. The molecule has 0 atom stereocenters. The zero-order valence-electron chi connectivity index (χ0n) is 7.05. The van der Waals surface area contributed by atoms with Crippen LogP contribution in [0.2, 0.25) is 0 Å². The number of hydrogen-bond acceptors (Lipinski definition) is 3. The second kappa shape index (κ2) is 5.36. The van der Waals surface area contributed by atoms with Gasteiger partial charge in [0, 0.05) is 34.2 Å². The molecular formula is C8H11BrN2OS. The van der Waals surface area contributed by atoms with Crippen molar-refractivity contribution in [3.05, 3.63) is 20.8 Å². The van der Waals surface area contributed by atoms with E-state index in [-0.39, 0.29) is 5.91 Å². The van der Waals surface area contributed by atoms with Crippen molar-refractivity contribution >= 4 is 33.2 Å². The summed E-state index contributed by atoms with van der Waals surface area (Å²) in [6, 6.07) is 2.06. The van der Waals surface area contributed by atoms with Crippen LogP contribution in [0.25, 0.3) is 0 Å². The SMILES string of the molecule is NC(=O)CCNCc1cc(Br)cs1. The van der Waals surface area contributed by atoms with E-state index >= 15 is 0 Å². The normalized spacial score (nSPS) is 10.2. The van der Waals surface area contributed by atoms with E-state index in [1.54, 1.807) is 11.3 Å². The lowest BCUT2D eigenvalue weighted by Gasteiger charge is -1.99. The molecule has 72 valence electrons. The van der Waals surface area contributed by atoms with Crippen molar-refractivity contribution in [2.75, 3.05) is 6.54 Å². The molecule has 1 amide bonds. The van der Waals surface area contributed by atoms with E-state index in [1.807, 2.05) is 5.38 Å². The molecule has 0 saturated heterocycles. The van der Waals surface area contributed by atoms with Crippen LogP contribution in [0.1, 0.15) is 11.3 Å². The number of nitrogens with one attached hydrogen (secondary N) is 1. The van der Waals surface area contributed by atoms with Crippen LogP contribution >= 0.6 is 27.3 Å². The molecule has 1 aromatic rings. The van der Waals surface area contributed by atoms with Crippen molar-refractivity contribution in [1.29, 1.82) is 0 Å². The van der Waals surface area contributed by atoms with Crippen LogP contribution in [0.15, 0.2) is 15.9 Å². The standard InChI is InChI=1S/C8H11BrN2OS/c9-6-3-7(13-5-6)4-11-2-1-8(10)12/h3,5,11H,1-2,4H2,(H2,10,12). The maximum absolute atomic E-state index is 10.4. The summed E-state index contributed by atoms with van der Waals surface area (Å²) in [5.41, 5.74) is 4.99. The van der Waals surface area contributed by atoms with E-state index in [0.29, 0.717) is 13.0 Å². The minimum Gasteiger partial charge on any atom is -0.370 e. The molecule has 3 N–H and O–H groups in total. The first-order valence-corrected chi connectivity index (χ1v) is 5.57. The van der Waals surface area contributed by atoms with Crippen molar-refractivity contribution in [1.82, 2.24) is 5.32 Å². The molecule has 0 aliphatic rings. The van der Waals surface area contributed by atoms with Gasteiger partial charge in [0.05, 0.1) is 0 Å². The Morgan fingerprint density at radius 2 is 2.46 bits per heavy atom. The summed E-state index contributed by atoms with van der Waals surface area (Å²) < 4.78 is 1.10. The Balaban J connectivity index is 2.16. The summed E-state index contributed by atoms with van der Waals surface area (Å²) in [5.74, 6) is -0.264. The molecule has 1 heterocycles. The van der Waals surface area contributed by atoms with Gasteiger partial charge in [-0.2, -0.15) is 0 Å². The van der Waals surface area contributed by atoms with Crippen molar-refractivity contribution in [3.8, 4) is 0 Å². The molecule has 0 spiro atoms. The molecule has 0 bridgehead atoms. The first-order valence-electron chi connectivity index (χ1n) is 3.90. The lowest BCUT2D eigenvalue weighted by Crippen LogP contribution is -2.21. The maximum atomic E-state index is 10.4. The zero-order chi connectivity index (χ0) is 9.68. The van der Waals surface area contributed by atoms with E-state index in [4.69, 9.17) is 5.73 Å². The van der Waals surface area contributed by atoms with Gasteiger partial charge in [0.15, 0.2) is 0 Å². The van der Waals surface area contributed by atoms with Gasteiger partial charge in [-0.05, 0) is 22.0 Å². The average molecular weight is 263 g/mol. The quantitative estimate of drug-likeness (QED) is 0.790. The molecule has 0 saturated carbocycles. The van der Waals surface area contributed by atoms with E-state index in [2.05, 4.69) is 27.3 Å². The van der Waals surface area contributed by atoms with Crippen LogP contribution in [0.3, 0.4) is 0 Å². The van der Waals surface area contributed by atoms with Crippen LogP contribution in [0, 0.1) is 0 Å². The largest absolute Gasteiger partial charge is 0.370 e. The summed E-state index contributed by atoms with van der Waals surface area (Å²) in [6.07, 6.45) is 0.395. The lowest BCUT2D eigenvalue weighted by atomic mass is 10.4. The fourth-order valence-electron chi connectivity index (χ4n) is 0.870. The van der Waals surface area contributed by atoms with E-state index in [1.165, 1.54) is 4.88 Å². The van der Waals surface area contributed by atoms with Crippen LogP contribution < -0.4 is 11.1 Å². The Kier molecular flexibility index (Phi) is 4.41. The van der Waals surface area contributed by atoms with E-state index in [0.717, 1.165) is 11.0 Å². The average Bonchev–Trinajstić information content (AvgIpc) is 2.45. The first-order chi connectivity index (χ1) is 6.18. The van der Waals surface area contributed by atoms with Crippen LogP contribution in [0.5, 0.6) is 0 Å². The number of thiophene rings is 1. The monoisotopic (exact) mass is 262 g/mol. The molecule has 0 radical (unpaired) electrons. The molecule has 1 aromatic heterocycles. The number of carbonyl (C=O) groups is 1. The smallest absolute Gasteiger partial charge is 0.218 e. The Hall–Kier alpha value is -0.390. The second-order valence-corrected chi connectivity index (χ2v) is 4.54. The highest BCUT2D eigenvalue weighted by atomic mass is 79.9. The van der Waals surface area contributed by atoms with Gasteiger partial charge in [0.1, 0.15) is 0 Å². The number of nitrogens with two attached hydrogens (primary N) is 1. The minimum absolute atomic E-state index is 0.264. The summed E-state index contributed by atoms with van der Waals surface area (Å²) in [7, 11) is 0. The van der Waals surface area contributed by atoms with E-state index < -0.39 is 0 Å². The Morgan fingerprint density at radius 3 is 3.00 bits per heavy atom. The van der Waals surface area contributed by atoms with Crippen molar-refractivity contribution in [2.45, 2.75) is 13.0 Å². The van der Waals surface area contributed by atoms with Gasteiger partial charge in [-0.3, -0.25) is 4.79 Å². The molecule has 5 heteroatoms. The molecule has 1 rings (SSSR count). The van der Waals surface area contributed by atoms with Gasteiger partial charge in [-0.15, -0.1) is 11.3 Å². The summed E-state index contributed by atoms with van der Waals surface area (Å²) >= 11 is 5.06. The van der Waals surface area contributed by atoms with Crippen molar-refractivity contribution < 1.29 is 4.79 Å². The summed E-state index contributed by atoms with van der Waals surface area (Å²) in [6.45, 7) is 1.44. The van der Waals surface area contributed by atoms with Gasteiger partial charge in [-0.25, -0.2) is 0 Å². The van der Waals surface area contributed by atoms with Crippen molar-refractivity contribution in [3.63, 3.8) is 0 Å². The van der Waals surface area contributed by atoms with E-state index in [9.17, 15) is 4.79 Å². The summed E-state index contributed by atoms with van der Waals surface area (Å²) in [5, 5.41) is 5.17. The highest BCUT2D eigenvalue weighted by molar-refractivity contribution is 9.10. The Labute approximate surface area is 89.5 Å². The predicted molar refractivity (Wildman–Crippen MR) is 57.5 cm³/mol. The fourth-order valence-corrected chi connectivity index (χ4v) is 2.29. The van der Waals surface area contributed by atoms with Gasteiger partial charge in [0.25, 0.3) is 0 Å². The third kappa shape index (κ3) is 4.40. The molecular weight excluding hydrogens is 252 g/mol. The first kappa shape index (κ1) is 10.7. The molecule has 0 aromatic carbocycles. The highest BCUT2D eigenvalue weighted by Gasteiger charge is 1.97. The number of rotatable bonds is 5. The van der Waals surface area contributed by atoms with Gasteiger partial charge >= 0.3 is 0 Å². The maximum Gasteiger partial charge on any atom is 0.218 e. The minimum atomic E-state index is -0.264. The van der Waals surface area contributed by atoms with Gasteiger partial charge in [-0.1, -0.05) is 0 Å². The molecule has 0 aliphatic heterocycles. The predicted octanol–water partition coefficient (Wildman–Crippen LogP) is 1.48. The van der Waals surface area contributed by atoms with Crippen LogP contribution in [-0.2, 0) is 11.3 Å². The Bertz CT molecular complexity index is 287. The number of primary amides is 1. The highest BCUT2D eigenvalue weighted by Crippen LogP contribution is 2.19. The molecule has 0 unspecified atom stereocenters. The Morgan fingerprint density at radius 1 is 1.69 bits per heavy atom.